The van der Waals surface area contributed by atoms with E-state index in [1.807, 2.05) is 0 Å². The van der Waals surface area contributed by atoms with Crippen molar-refractivity contribution in [3.8, 4) is 0 Å². The van der Waals surface area contributed by atoms with Crippen molar-refractivity contribution in [1.82, 2.24) is 0 Å². The van der Waals surface area contributed by atoms with Crippen LogP contribution in [0.15, 0.2) is 0 Å². The van der Waals surface area contributed by atoms with Crippen LogP contribution in [0.25, 0.3) is 5.53 Å². The van der Waals surface area contributed by atoms with Gasteiger partial charge in [-0.1, -0.05) is 27.2 Å². The van der Waals surface area contributed by atoms with Crippen LogP contribution in [0.4, 0.5) is 0 Å². The highest BCUT2D eigenvalue weighted by Gasteiger charge is 2.19. The quantitative estimate of drug-likeness (QED) is 0.353. The fraction of sp³-hybridized carbons (Fsp3) is 0.800. The number of carbonyl (C=O) groups excluding carboxylic acids is 1. The Balaban J connectivity index is 4.22. The number of carbonyl (C=O) groups is 1. The van der Waals surface area contributed by atoms with E-state index < -0.39 is 0 Å². The molecule has 3 nitrogen and oxygen atoms in total. The molecule has 0 aromatic heterocycles. The standard InChI is InChI=1S/C10H18N2O/c1-4-5-9(6-8(2)3)10(13)7-12-11/h7-9H,4-6H2,1-3H3/t9-/m0/s1. The second-order valence-corrected chi connectivity index (χ2v) is 3.76. The van der Waals surface area contributed by atoms with Crippen LogP contribution >= 0.6 is 0 Å². The minimum absolute atomic E-state index is 0.0286. The summed E-state index contributed by atoms with van der Waals surface area (Å²) in [6, 6.07) is 0. The fourth-order valence-corrected chi connectivity index (χ4v) is 1.46. The van der Waals surface area contributed by atoms with Crippen molar-refractivity contribution in [1.29, 1.82) is 0 Å². The number of rotatable bonds is 6. The lowest BCUT2D eigenvalue weighted by Gasteiger charge is -2.12. The minimum Gasteiger partial charge on any atom is -0.361 e. The monoisotopic (exact) mass is 182 g/mol. The molecule has 0 saturated heterocycles. The smallest absolute Gasteiger partial charge is 0.323 e. The first-order chi connectivity index (χ1) is 6.11. The van der Waals surface area contributed by atoms with Gasteiger partial charge in [-0.15, -0.1) is 0 Å². The maximum absolute atomic E-state index is 11.4. The third-order valence-electron chi connectivity index (χ3n) is 1.98. The molecule has 74 valence electrons. The minimum atomic E-state index is -0.0574. The van der Waals surface area contributed by atoms with Gasteiger partial charge in [0.15, 0.2) is 0 Å². The van der Waals surface area contributed by atoms with Gasteiger partial charge in [0.2, 0.25) is 5.78 Å². The zero-order chi connectivity index (χ0) is 10.3. The predicted octanol–water partition coefficient (Wildman–Crippen LogP) is 2.32. The molecular formula is C10H18N2O. The Kier molecular flexibility index (Phi) is 6.07. The Bertz CT molecular complexity index is 205. The van der Waals surface area contributed by atoms with Gasteiger partial charge in [-0.05, 0) is 18.8 Å². The van der Waals surface area contributed by atoms with E-state index >= 15 is 0 Å². The van der Waals surface area contributed by atoms with Crippen molar-refractivity contribution >= 4 is 12.0 Å². The third kappa shape index (κ3) is 5.31. The van der Waals surface area contributed by atoms with E-state index in [1.165, 1.54) is 0 Å². The summed E-state index contributed by atoms with van der Waals surface area (Å²) in [5.41, 5.74) is 8.24. The van der Waals surface area contributed by atoms with Crippen LogP contribution in [-0.2, 0) is 4.79 Å². The SMILES string of the molecule is CCC[C@@H](CC(C)C)C(=O)C=[N+]=[N-]. The summed E-state index contributed by atoms with van der Waals surface area (Å²) in [6.45, 7) is 6.23. The highest BCUT2D eigenvalue weighted by molar-refractivity contribution is 6.26. The molecule has 0 bridgehead atoms. The van der Waals surface area contributed by atoms with Gasteiger partial charge >= 0.3 is 6.21 Å². The molecule has 0 aliphatic rings. The lowest BCUT2D eigenvalue weighted by atomic mass is 9.90. The number of Topliss-reactive ketones (excluding diaryl/α,β-unsaturated/α-hetero) is 1. The molecule has 0 aromatic rings. The number of hydrogen-bond acceptors (Lipinski definition) is 1. The zero-order valence-electron chi connectivity index (χ0n) is 8.66. The molecule has 0 spiro atoms. The first kappa shape index (κ1) is 12.0. The normalized spacial score (nSPS) is 12.3. The lowest BCUT2D eigenvalue weighted by molar-refractivity contribution is -0.120. The van der Waals surface area contributed by atoms with Gasteiger partial charge in [-0.3, -0.25) is 4.79 Å². The summed E-state index contributed by atoms with van der Waals surface area (Å²) in [6.07, 6.45) is 3.76. The third-order valence-corrected chi connectivity index (χ3v) is 1.98. The zero-order valence-corrected chi connectivity index (χ0v) is 8.66. The van der Waals surface area contributed by atoms with Crippen LogP contribution < -0.4 is 0 Å². The van der Waals surface area contributed by atoms with Crippen LogP contribution in [0.1, 0.15) is 40.0 Å². The van der Waals surface area contributed by atoms with Crippen LogP contribution in [0, 0.1) is 11.8 Å². The Labute approximate surface area is 79.8 Å². The summed E-state index contributed by atoms with van der Waals surface area (Å²) in [5, 5.41) is 0. The van der Waals surface area contributed by atoms with Crippen molar-refractivity contribution in [2.24, 2.45) is 11.8 Å². The molecule has 0 unspecified atom stereocenters. The summed E-state index contributed by atoms with van der Waals surface area (Å²) in [7, 11) is 0. The van der Waals surface area contributed by atoms with Crippen molar-refractivity contribution in [2.45, 2.75) is 40.0 Å². The molecule has 0 fully saturated rings. The van der Waals surface area contributed by atoms with E-state index in [0.29, 0.717) is 5.92 Å². The predicted molar refractivity (Wildman–Crippen MR) is 52.5 cm³/mol. The first-order valence-electron chi connectivity index (χ1n) is 4.83. The van der Waals surface area contributed by atoms with Crippen LogP contribution in [0.3, 0.4) is 0 Å². The Morgan fingerprint density at radius 3 is 2.54 bits per heavy atom. The lowest BCUT2D eigenvalue weighted by Crippen LogP contribution is -2.18. The van der Waals surface area contributed by atoms with Crippen molar-refractivity contribution in [3.05, 3.63) is 5.53 Å². The maximum Gasteiger partial charge on any atom is 0.323 e. The second-order valence-electron chi connectivity index (χ2n) is 3.76. The van der Waals surface area contributed by atoms with Gasteiger partial charge in [0, 0.05) is 5.92 Å². The molecule has 0 radical (unpaired) electrons. The van der Waals surface area contributed by atoms with E-state index in [0.717, 1.165) is 25.5 Å². The van der Waals surface area contributed by atoms with E-state index in [4.69, 9.17) is 5.53 Å². The van der Waals surface area contributed by atoms with Crippen LogP contribution in [0.2, 0.25) is 0 Å². The van der Waals surface area contributed by atoms with E-state index in [-0.39, 0.29) is 11.7 Å². The molecule has 1 atom stereocenters. The van der Waals surface area contributed by atoms with Crippen LogP contribution in [0.5, 0.6) is 0 Å². The van der Waals surface area contributed by atoms with Gasteiger partial charge in [0.25, 0.3) is 0 Å². The highest BCUT2D eigenvalue weighted by Crippen LogP contribution is 2.17. The van der Waals surface area contributed by atoms with E-state index in [2.05, 4.69) is 25.6 Å². The summed E-state index contributed by atoms with van der Waals surface area (Å²) >= 11 is 0. The average Bonchev–Trinajstić information content (AvgIpc) is 2.03. The van der Waals surface area contributed by atoms with Crippen molar-refractivity contribution < 1.29 is 9.58 Å². The summed E-state index contributed by atoms with van der Waals surface area (Å²) in [5.74, 6) is 0.478. The van der Waals surface area contributed by atoms with Gasteiger partial charge in [0.05, 0.1) is 0 Å². The summed E-state index contributed by atoms with van der Waals surface area (Å²) in [4.78, 5) is 14.1. The molecule has 3 heteroatoms. The molecule has 0 amide bonds. The van der Waals surface area contributed by atoms with Gasteiger partial charge < -0.3 is 5.53 Å². The number of ketones is 1. The van der Waals surface area contributed by atoms with Crippen LogP contribution in [-0.4, -0.2) is 16.8 Å². The van der Waals surface area contributed by atoms with Crippen molar-refractivity contribution in [2.75, 3.05) is 0 Å². The largest absolute Gasteiger partial charge is 0.361 e. The van der Waals surface area contributed by atoms with Gasteiger partial charge in [0.1, 0.15) is 0 Å². The second kappa shape index (κ2) is 6.55. The molecule has 0 aromatic carbocycles. The first-order valence-corrected chi connectivity index (χ1v) is 4.83. The Morgan fingerprint density at radius 1 is 1.54 bits per heavy atom. The van der Waals surface area contributed by atoms with E-state index in [9.17, 15) is 4.79 Å². The van der Waals surface area contributed by atoms with Gasteiger partial charge in [-0.25, -0.2) is 0 Å². The maximum atomic E-state index is 11.4. The van der Waals surface area contributed by atoms with Crippen molar-refractivity contribution in [3.63, 3.8) is 0 Å². The molecule has 0 saturated carbocycles. The molecule has 13 heavy (non-hydrogen) atoms. The molecule has 0 rings (SSSR count). The summed E-state index contributed by atoms with van der Waals surface area (Å²) < 4.78 is 0. The Hall–Kier alpha value is -0.950. The average molecular weight is 182 g/mol. The number of nitrogens with zero attached hydrogens (tertiary/aromatic N) is 2. The molecule has 0 N–H and O–H groups in total. The molecule has 0 aliphatic carbocycles. The molecule has 0 heterocycles. The molecule has 0 aliphatic heterocycles. The Morgan fingerprint density at radius 2 is 2.15 bits per heavy atom. The highest BCUT2D eigenvalue weighted by atomic mass is 16.1. The fourth-order valence-electron chi connectivity index (χ4n) is 1.46. The topological polar surface area (TPSA) is 53.5 Å². The van der Waals surface area contributed by atoms with Gasteiger partial charge in [-0.2, -0.15) is 4.79 Å². The molecular weight excluding hydrogens is 164 g/mol. The van der Waals surface area contributed by atoms with E-state index in [1.54, 1.807) is 0 Å². The number of hydrogen-bond donors (Lipinski definition) is 0.